The quantitative estimate of drug-likeness (QED) is 0.1000. The molecule has 31 heavy (non-hydrogen) atoms. The van der Waals surface area contributed by atoms with Crippen LogP contribution in [0, 0.1) is 0 Å². The summed E-state index contributed by atoms with van der Waals surface area (Å²) in [5.74, 6) is 4.26. The van der Waals surface area contributed by atoms with E-state index in [0.717, 1.165) is 43.0 Å². The Morgan fingerprint density at radius 1 is 0.645 bits per heavy atom. The monoisotopic (exact) mass is 556 g/mol. The fourth-order valence-corrected chi connectivity index (χ4v) is 8.57. The molecule has 1 aromatic heterocycles. The maximum absolute atomic E-state index is 5.80. The lowest BCUT2D eigenvalue weighted by atomic mass is 10.4. The second-order valence-electron chi connectivity index (χ2n) is 6.78. The van der Waals surface area contributed by atoms with Gasteiger partial charge in [0.2, 0.25) is 0 Å². The third-order valence-electron chi connectivity index (χ3n) is 3.95. The molecule has 1 heterocycles. The largest absolute Gasteiger partial charge is 0.245 e. The summed E-state index contributed by atoms with van der Waals surface area (Å²) >= 11 is 20.3. The van der Waals surface area contributed by atoms with Gasteiger partial charge < -0.3 is 0 Å². The molecule has 0 aromatic carbocycles. The van der Waals surface area contributed by atoms with Crippen molar-refractivity contribution in [3.8, 4) is 0 Å². The zero-order valence-corrected chi connectivity index (χ0v) is 24.8. The molecule has 0 N–H and O–H groups in total. The van der Waals surface area contributed by atoms with Crippen molar-refractivity contribution in [2.75, 3.05) is 23.0 Å². The van der Waals surface area contributed by atoms with Gasteiger partial charge in [0, 0.05) is 23.0 Å². The van der Waals surface area contributed by atoms with E-state index in [-0.39, 0.29) is 0 Å². The first-order valence-electron chi connectivity index (χ1n) is 11.1. The van der Waals surface area contributed by atoms with E-state index in [4.69, 9.17) is 24.4 Å². The highest BCUT2D eigenvalue weighted by molar-refractivity contribution is 8.14. The predicted octanol–water partition coefficient (Wildman–Crippen LogP) is 8.29. The molecule has 0 amide bonds. The van der Waals surface area contributed by atoms with Crippen molar-refractivity contribution in [3.63, 3.8) is 0 Å². The number of hydrogen-bond donors (Lipinski definition) is 0. The molecule has 0 bridgehead atoms. The van der Waals surface area contributed by atoms with E-state index in [2.05, 4.69) is 45.3 Å². The Morgan fingerprint density at radius 2 is 0.935 bits per heavy atom. The van der Waals surface area contributed by atoms with Crippen molar-refractivity contribution in [2.45, 2.75) is 79.1 Å². The molecule has 0 unspecified atom stereocenters. The fraction of sp³-hybridized carbons (Fsp3) is 0.800. The predicted molar refractivity (Wildman–Crippen MR) is 156 cm³/mol. The van der Waals surface area contributed by atoms with E-state index in [9.17, 15) is 0 Å². The molecule has 0 spiro atoms. The normalized spacial score (nSPS) is 11.0. The molecule has 178 valence electrons. The van der Waals surface area contributed by atoms with E-state index >= 15 is 0 Å². The molecule has 0 atom stereocenters. The van der Waals surface area contributed by atoms with Crippen LogP contribution in [-0.4, -0.2) is 50.6 Å². The minimum absolute atomic E-state index is 0.762. The van der Waals surface area contributed by atoms with Gasteiger partial charge >= 0.3 is 0 Å². The maximum atomic E-state index is 5.80. The molecule has 1 rings (SSSR count). The summed E-state index contributed by atoms with van der Waals surface area (Å²) in [5.41, 5.74) is 0. The highest BCUT2D eigenvalue weighted by Gasteiger charge is 2.22. The van der Waals surface area contributed by atoms with E-state index in [1.54, 1.807) is 47.8 Å². The lowest BCUT2D eigenvalue weighted by Gasteiger charge is -2.21. The van der Waals surface area contributed by atoms with Crippen LogP contribution in [0.4, 0.5) is 0 Å². The van der Waals surface area contributed by atoms with E-state index < -0.39 is 0 Å². The lowest BCUT2D eigenvalue weighted by Crippen LogP contribution is -2.18. The number of thiocarbonyl (C=S) groups is 2. The standard InChI is InChI=1S/C20H36N4S7/c1-5-9-13-27-23(28-14-10-6-2)19(25)17-21-22-18(31-17)20(26)24(29-15-11-7-3)30-16-12-8-4/h5-16H2,1-4H3. The Bertz CT molecular complexity index is 556. The molecular weight excluding hydrogens is 521 g/mol. The first kappa shape index (κ1) is 29.8. The maximum Gasteiger partial charge on any atom is 0.177 e. The van der Waals surface area contributed by atoms with Crippen LogP contribution in [0.5, 0.6) is 0 Å². The molecule has 4 nitrogen and oxygen atoms in total. The fourth-order valence-electron chi connectivity index (χ4n) is 2.03. The molecule has 11 heteroatoms. The van der Waals surface area contributed by atoms with Crippen LogP contribution in [0.25, 0.3) is 0 Å². The first-order valence-corrected chi connectivity index (χ1v) is 16.5. The second kappa shape index (κ2) is 19.1. The zero-order valence-electron chi connectivity index (χ0n) is 19.1. The molecule has 1 aromatic rings. The van der Waals surface area contributed by atoms with Gasteiger partial charge in [-0.1, -0.05) is 89.2 Å². The Labute approximate surface area is 221 Å². The third kappa shape index (κ3) is 12.1. The van der Waals surface area contributed by atoms with Crippen LogP contribution in [0.15, 0.2) is 0 Å². The summed E-state index contributed by atoms with van der Waals surface area (Å²) in [6, 6.07) is 0. The van der Waals surface area contributed by atoms with Crippen LogP contribution in [-0.2, 0) is 0 Å². The minimum atomic E-state index is 0.762. The van der Waals surface area contributed by atoms with Crippen molar-refractivity contribution in [1.29, 1.82) is 0 Å². The topological polar surface area (TPSA) is 32.3 Å². The van der Waals surface area contributed by atoms with Gasteiger partial charge in [-0.25, -0.2) is 7.42 Å². The summed E-state index contributed by atoms with van der Waals surface area (Å²) in [4.78, 5) is 1.52. The molecular formula is C20H36N4S7. The van der Waals surface area contributed by atoms with E-state index in [1.807, 2.05) is 0 Å². The van der Waals surface area contributed by atoms with Crippen molar-refractivity contribution in [1.82, 2.24) is 17.6 Å². The summed E-state index contributed by atoms with van der Waals surface area (Å²) in [6.45, 7) is 8.87. The average molecular weight is 557 g/mol. The third-order valence-corrected chi connectivity index (χ3v) is 11.2. The van der Waals surface area contributed by atoms with Crippen molar-refractivity contribution in [3.05, 3.63) is 10.0 Å². The van der Waals surface area contributed by atoms with Crippen molar-refractivity contribution in [2.24, 2.45) is 0 Å². The van der Waals surface area contributed by atoms with Gasteiger partial charge in [-0.05, 0) is 73.5 Å². The summed E-state index contributed by atoms with van der Waals surface area (Å²) in [6.07, 6.45) is 9.48. The average Bonchev–Trinajstić information content (AvgIpc) is 3.27. The summed E-state index contributed by atoms with van der Waals surface area (Å²) < 4.78 is 4.33. The first-order chi connectivity index (χ1) is 15.1. The van der Waals surface area contributed by atoms with E-state index in [1.165, 1.54) is 62.7 Å². The lowest BCUT2D eigenvalue weighted by molar-refractivity contribution is 0.882. The van der Waals surface area contributed by atoms with Gasteiger partial charge in [-0.2, -0.15) is 0 Å². The van der Waals surface area contributed by atoms with Crippen LogP contribution in [0.1, 0.15) is 89.1 Å². The van der Waals surface area contributed by atoms with Crippen LogP contribution >= 0.6 is 83.6 Å². The molecule has 0 saturated carbocycles. The van der Waals surface area contributed by atoms with Gasteiger partial charge in [0.1, 0.15) is 0 Å². The Morgan fingerprint density at radius 3 is 1.19 bits per heavy atom. The molecule has 0 fully saturated rings. The van der Waals surface area contributed by atoms with Crippen LogP contribution in [0.3, 0.4) is 0 Å². The van der Waals surface area contributed by atoms with Gasteiger partial charge in [-0.3, -0.25) is 0 Å². The molecule has 0 aliphatic rings. The molecule has 0 radical (unpaired) electrons. The Kier molecular flexibility index (Phi) is 18.3. The minimum Gasteiger partial charge on any atom is -0.245 e. The number of hydrogen-bond acceptors (Lipinski definition) is 9. The number of aromatic nitrogens is 2. The molecule has 0 saturated heterocycles. The molecule has 0 aliphatic carbocycles. The van der Waals surface area contributed by atoms with Crippen molar-refractivity contribution >= 4 is 93.5 Å². The highest BCUT2D eigenvalue weighted by Crippen LogP contribution is 2.31. The van der Waals surface area contributed by atoms with Gasteiger partial charge in [0.15, 0.2) is 20.0 Å². The van der Waals surface area contributed by atoms with Crippen LogP contribution < -0.4 is 0 Å². The summed E-state index contributed by atoms with van der Waals surface area (Å²) in [5, 5.41) is 10.4. The number of rotatable bonds is 18. The number of unbranched alkanes of at least 4 members (excludes halogenated alkanes) is 4. The summed E-state index contributed by atoms with van der Waals surface area (Å²) in [7, 11) is 0. The zero-order chi connectivity index (χ0) is 22.9. The highest BCUT2D eigenvalue weighted by atomic mass is 32.2. The smallest absolute Gasteiger partial charge is 0.177 e. The molecule has 0 aliphatic heterocycles. The van der Waals surface area contributed by atoms with Gasteiger partial charge in [0.25, 0.3) is 0 Å². The van der Waals surface area contributed by atoms with Gasteiger partial charge in [-0.15, -0.1) is 10.2 Å². The van der Waals surface area contributed by atoms with Crippen molar-refractivity contribution < 1.29 is 0 Å². The van der Waals surface area contributed by atoms with E-state index in [0.29, 0.717) is 0 Å². The second-order valence-corrected chi connectivity index (χ2v) is 13.1. The Hall–Kier alpha value is 0.740. The van der Waals surface area contributed by atoms with Crippen LogP contribution in [0.2, 0.25) is 0 Å². The number of nitrogens with zero attached hydrogens (tertiary/aromatic N) is 4. The Balaban J connectivity index is 2.83. The SMILES string of the molecule is CCCCSN(SCCCC)C(=S)c1nnc(C(=S)N(SCCCC)SCCCC)s1. The van der Waals surface area contributed by atoms with Gasteiger partial charge in [0.05, 0.1) is 0 Å².